The van der Waals surface area contributed by atoms with Crippen LogP contribution in [0.3, 0.4) is 0 Å². The fourth-order valence-electron chi connectivity index (χ4n) is 0.175. The van der Waals surface area contributed by atoms with Gasteiger partial charge in [-0.15, -0.1) is 0 Å². The van der Waals surface area contributed by atoms with Crippen molar-refractivity contribution in [2.75, 3.05) is 0 Å². The minimum absolute atomic E-state index is 0.673. The van der Waals surface area contributed by atoms with E-state index in [1.807, 2.05) is 0 Å². The molecule has 0 spiro atoms. The molecule has 0 N–H and O–H groups in total. The molecule has 0 aliphatic heterocycles. The molecule has 9 heavy (non-hydrogen) atoms. The Morgan fingerprint density at radius 3 is 2.00 bits per heavy atom. The maximum absolute atomic E-state index is 11.7. The molecule has 0 atom stereocenters. The highest BCUT2D eigenvalue weighted by atomic mass is 19.3. The second-order valence-electron chi connectivity index (χ2n) is 1.21. The predicted molar refractivity (Wildman–Crippen MR) is 22.1 cm³/mol. The van der Waals surface area contributed by atoms with Crippen molar-refractivity contribution >= 4 is 5.97 Å². The Kier molecular flexibility index (Phi) is 2.77. The lowest BCUT2D eigenvalue weighted by Gasteiger charge is -1.87. The van der Waals surface area contributed by atoms with E-state index in [0.29, 0.717) is 6.92 Å². The summed E-state index contributed by atoms with van der Waals surface area (Å²) in [6.45, 7) is 0.673. The third-order valence-corrected chi connectivity index (χ3v) is 0.552. The van der Waals surface area contributed by atoms with Crippen molar-refractivity contribution in [1.82, 2.24) is 0 Å². The molecule has 0 aliphatic carbocycles. The van der Waals surface area contributed by atoms with Crippen LogP contribution in [0, 0.1) is 0 Å². The molecule has 0 unspecified atom stereocenters. The number of carbonyl (C=O) groups is 1. The number of carbonyl (C=O) groups excluding carboxylic acids is 1. The summed E-state index contributed by atoms with van der Waals surface area (Å²) < 4.78 is 34.0. The molecule has 5 heteroatoms. The van der Waals surface area contributed by atoms with E-state index in [4.69, 9.17) is 0 Å². The van der Waals surface area contributed by atoms with Crippen LogP contribution >= 0.6 is 0 Å². The van der Waals surface area contributed by atoms with Gasteiger partial charge in [0, 0.05) is 4.53 Å². The summed E-state index contributed by atoms with van der Waals surface area (Å²) in [6, 6.07) is 0. The lowest BCUT2D eigenvalue weighted by atomic mass is 10.5. The van der Waals surface area contributed by atoms with E-state index in [0.717, 1.165) is 0 Å². The van der Waals surface area contributed by atoms with Crippen molar-refractivity contribution in [3.05, 3.63) is 11.7 Å². The standard InChI is InChI=1S/C4H3F3O2/c1-2(5)3(6)4(8)9-7/h1H3. The molecule has 0 radical (unpaired) electrons. The quantitative estimate of drug-likeness (QED) is 0.517. The first kappa shape index (κ1) is 8.00. The minimum atomic E-state index is -1.95. The Balaban J connectivity index is 4.21. The fraction of sp³-hybridized carbons (Fsp3) is 0.250. The van der Waals surface area contributed by atoms with Gasteiger partial charge in [-0.2, -0.15) is 4.39 Å². The Labute approximate surface area is 48.8 Å². The molecule has 0 saturated heterocycles. The smallest absolute Gasteiger partial charge is 0.247 e. The number of allylic oxidation sites excluding steroid dienone is 1. The Bertz CT molecular complexity index is 148. The molecule has 0 aliphatic rings. The van der Waals surface area contributed by atoms with E-state index in [2.05, 4.69) is 4.94 Å². The van der Waals surface area contributed by atoms with Crippen LogP contribution in [-0.2, 0) is 9.74 Å². The zero-order chi connectivity index (χ0) is 7.44. The summed E-state index contributed by atoms with van der Waals surface area (Å²) in [5.74, 6) is -5.20. The van der Waals surface area contributed by atoms with Gasteiger partial charge in [0.05, 0.1) is 0 Å². The van der Waals surface area contributed by atoms with Gasteiger partial charge in [-0.3, -0.25) is 0 Å². The minimum Gasteiger partial charge on any atom is -0.247 e. The van der Waals surface area contributed by atoms with Gasteiger partial charge in [-0.05, 0) is 6.92 Å². The van der Waals surface area contributed by atoms with E-state index in [9.17, 15) is 18.1 Å². The monoisotopic (exact) mass is 140 g/mol. The highest BCUT2D eigenvalue weighted by Crippen LogP contribution is 2.08. The van der Waals surface area contributed by atoms with Crippen LogP contribution in [0.1, 0.15) is 6.92 Å². The van der Waals surface area contributed by atoms with Crippen LogP contribution in [-0.4, -0.2) is 5.97 Å². The van der Waals surface area contributed by atoms with Crippen LogP contribution in [0.5, 0.6) is 0 Å². The second kappa shape index (κ2) is 3.11. The van der Waals surface area contributed by atoms with E-state index in [1.54, 1.807) is 0 Å². The third kappa shape index (κ3) is 2.16. The lowest BCUT2D eigenvalue weighted by Crippen LogP contribution is -1.98. The zero-order valence-electron chi connectivity index (χ0n) is 4.45. The molecule has 2 nitrogen and oxygen atoms in total. The van der Waals surface area contributed by atoms with Gasteiger partial charge in [-0.1, -0.05) is 0 Å². The van der Waals surface area contributed by atoms with Crippen LogP contribution in [0.25, 0.3) is 0 Å². The predicted octanol–water partition coefficient (Wildman–Crippen LogP) is 1.58. The third-order valence-electron chi connectivity index (χ3n) is 0.552. The molecule has 52 valence electrons. The lowest BCUT2D eigenvalue weighted by molar-refractivity contribution is -0.180. The number of hydrogen-bond acceptors (Lipinski definition) is 2. The first-order valence-corrected chi connectivity index (χ1v) is 1.94. The molecule has 0 bridgehead atoms. The van der Waals surface area contributed by atoms with Crippen molar-refractivity contribution in [3.8, 4) is 0 Å². The van der Waals surface area contributed by atoms with Crippen molar-refractivity contribution in [1.29, 1.82) is 0 Å². The van der Waals surface area contributed by atoms with Crippen LogP contribution in [0.15, 0.2) is 11.7 Å². The summed E-state index contributed by atoms with van der Waals surface area (Å²) in [5, 5.41) is 0. The largest absolute Gasteiger partial charge is 0.410 e. The topological polar surface area (TPSA) is 26.3 Å². The van der Waals surface area contributed by atoms with Gasteiger partial charge < -0.3 is 0 Å². The van der Waals surface area contributed by atoms with Crippen LogP contribution < -0.4 is 0 Å². The molecule has 0 rings (SSSR count). The maximum atomic E-state index is 11.7. The maximum Gasteiger partial charge on any atom is 0.410 e. The molecular formula is C4H3F3O2. The van der Waals surface area contributed by atoms with Crippen molar-refractivity contribution < 1.29 is 23.0 Å². The van der Waals surface area contributed by atoms with Gasteiger partial charge in [0.2, 0.25) is 5.83 Å². The number of halogens is 3. The second-order valence-corrected chi connectivity index (χ2v) is 1.21. The number of hydrogen-bond donors (Lipinski definition) is 0. The summed E-state index contributed by atoms with van der Waals surface area (Å²) >= 11 is 0. The molecule has 0 fully saturated rings. The average molecular weight is 140 g/mol. The SMILES string of the molecule is CC(F)=C(F)C(=O)OF. The summed E-state index contributed by atoms with van der Waals surface area (Å²) in [4.78, 5) is 12.0. The highest BCUT2D eigenvalue weighted by Gasteiger charge is 2.14. The van der Waals surface area contributed by atoms with Gasteiger partial charge >= 0.3 is 5.97 Å². The van der Waals surface area contributed by atoms with E-state index in [-0.39, 0.29) is 0 Å². The first-order chi connectivity index (χ1) is 4.09. The van der Waals surface area contributed by atoms with E-state index in [1.165, 1.54) is 0 Å². The van der Waals surface area contributed by atoms with Crippen molar-refractivity contribution in [2.45, 2.75) is 6.92 Å². The molecule has 0 saturated carbocycles. The van der Waals surface area contributed by atoms with Crippen LogP contribution in [0.4, 0.5) is 13.3 Å². The molecule has 0 amide bonds. The molecule has 0 aromatic carbocycles. The summed E-state index contributed by atoms with van der Waals surface area (Å²) in [5.41, 5.74) is 0. The van der Waals surface area contributed by atoms with Gasteiger partial charge in [0.1, 0.15) is 5.83 Å². The van der Waals surface area contributed by atoms with Gasteiger partial charge in [-0.25, -0.2) is 14.1 Å². The molecular weight excluding hydrogens is 137 g/mol. The van der Waals surface area contributed by atoms with E-state index < -0.39 is 17.6 Å². The van der Waals surface area contributed by atoms with Crippen LogP contribution in [0.2, 0.25) is 0 Å². The molecule has 0 aromatic rings. The molecule has 0 heterocycles. The first-order valence-electron chi connectivity index (χ1n) is 1.94. The molecule has 0 aromatic heterocycles. The van der Waals surface area contributed by atoms with E-state index >= 15 is 0 Å². The average Bonchev–Trinajstić information content (AvgIpc) is 1.84. The summed E-state index contributed by atoms with van der Waals surface area (Å²) in [7, 11) is 0. The van der Waals surface area contributed by atoms with Crippen molar-refractivity contribution in [2.24, 2.45) is 0 Å². The number of rotatable bonds is 1. The Hall–Kier alpha value is -1.00. The Morgan fingerprint density at radius 1 is 1.44 bits per heavy atom. The summed E-state index contributed by atoms with van der Waals surface area (Å²) in [6.07, 6.45) is 0. The fourth-order valence-corrected chi connectivity index (χ4v) is 0.175. The zero-order valence-corrected chi connectivity index (χ0v) is 4.45. The Morgan fingerprint density at radius 2 is 1.89 bits per heavy atom. The van der Waals surface area contributed by atoms with Gasteiger partial charge in [0.15, 0.2) is 0 Å². The van der Waals surface area contributed by atoms with Crippen molar-refractivity contribution in [3.63, 3.8) is 0 Å². The normalized spacial score (nSPS) is 12.4. The van der Waals surface area contributed by atoms with Gasteiger partial charge in [0.25, 0.3) is 0 Å². The highest BCUT2D eigenvalue weighted by molar-refractivity contribution is 5.85.